The second kappa shape index (κ2) is 5.29. The van der Waals surface area contributed by atoms with Crippen LogP contribution in [0.15, 0.2) is 18.2 Å². The number of hydrogen-bond donors (Lipinski definition) is 2. The van der Waals surface area contributed by atoms with Crippen molar-refractivity contribution in [3.8, 4) is 6.07 Å². The first kappa shape index (κ1) is 13.4. The first-order valence-corrected chi connectivity index (χ1v) is 6.41. The van der Waals surface area contributed by atoms with E-state index >= 15 is 0 Å². The number of anilines is 2. The zero-order valence-corrected chi connectivity index (χ0v) is 11.2. The maximum atomic E-state index is 11.5. The van der Waals surface area contributed by atoms with Gasteiger partial charge in [-0.3, -0.25) is 4.79 Å². The summed E-state index contributed by atoms with van der Waals surface area (Å²) < 4.78 is 0. The summed E-state index contributed by atoms with van der Waals surface area (Å²) in [4.78, 5) is 13.6. The molecule has 1 aliphatic rings. The van der Waals surface area contributed by atoms with Gasteiger partial charge in [-0.15, -0.1) is 0 Å². The van der Waals surface area contributed by atoms with Crippen LogP contribution in [0.5, 0.6) is 0 Å². The molecule has 0 bridgehead atoms. The van der Waals surface area contributed by atoms with Crippen molar-refractivity contribution in [1.29, 1.82) is 5.26 Å². The lowest BCUT2D eigenvalue weighted by molar-refractivity contribution is -0.116. The molecular formula is C14H18N4O. The number of carbonyl (C=O) groups is 1. The van der Waals surface area contributed by atoms with Gasteiger partial charge in [-0.1, -0.05) is 6.07 Å². The zero-order chi connectivity index (χ0) is 14.0. The molecule has 1 aromatic rings. The second-order valence-electron chi connectivity index (χ2n) is 4.81. The summed E-state index contributed by atoms with van der Waals surface area (Å²) in [5.41, 5.74) is 8.39. The van der Waals surface area contributed by atoms with Crippen LogP contribution in [0.3, 0.4) is 0 Å². The Bertz CT molecular complexity index is 535. The lowest BCUT2D eigenvalue weighted by atomic mass is 10.1. The molecule has 5 heteroatoms. The third-order valence-electron chi connectivity index (χ3n) is 3.37. The van der Waals surface area contributed by atoms with Crippen molar-refractivity contribution in [3.63, 3.8) is 0 Å². The standard InChI is InChI=1S/C14H18N4O/c1-3-18(8-9(2)7-15)10-4-5-11-12(6-10)17-14(19)13(11)16/h4-6,9,13H,3,8,16H2,1-2H3,(H,17,19). The Morgan fingerprint density at radius 2 is 2.32 bits per heavy atom. The summed E-state index contributed by atoms with van der Waals surface area (Å²) >= 11 is 0. The average Bonchev–Trinajstić information content (AvgIpc) is 2.70. The number of nitriles is 1. The molecule has 100 valence electrons. The highest BCUT2D eigenvalue weighted by Gasteiger charge is 2.27. The Morgan fingerprint density at radius 3 is 2.95 bits per heavy atom. The third kappa shape index (κ3) is 2.54. The van der Waals surface area contributed by atoms with E-state index in [-0.39, 0.29) is 11.8 Å². The van der Waals surface area contributed by atoms with Crippen LogP contribution in [0.2, 0.25) is 0 Å². The van der Waals surface area contributed by atoms with Gasteiger partial charge in [0.05, 0.1) is 12.0 Å². The van der Waals surface area contributed by atoms with Crippen molar-refractivity contribution in [1.82, 2.24) is 0 Å². The van der Waals surface area contributed by atoms with E-state index in [1.165, 1.54) is 0 Å². The summed E-state index contributed by atoms with van der Waals surface area (Å²) in [7, 11) is 0. The minimum Gasteiger partial charge on any atom is -0.370 e. The fourth-order valence-electron chi connectivity index (χ4n) is 2.26. The van der Waals surface area contributed by atoms with E-state index in [9.17, 15) is 4.79 Å². The molecule has 5 nitrogen and oxygen atoms in total. The van der Waals surface area contributed by atoms with Crippen molar-refractivity contribution in [2.45, 2.75) is 19.9 Å². The smallest absolute Gasteiger partial charge is 0.245 e. The lowest BCUT2D eigenvalue weighted by Gasteiger charge is -2.24. The van der Waals surface area contributed by atoms with E-state index in [0.717, 1.165) is 23.5 Å². The molecule has 0 aromatic heterocycles. The van der Waals surface area contributed by atoms with Crippen molar-refractivity contribution in [2.75, 3.05) is 23.3 Å². The number of rotatable bonds is 4. The van der Waals surface area contributed by atoms with Gasteiger partial charge in [0.25, 0.3) is 0 Å². The van der Waals surface area contributed by atoms with Crippen LogP contribution >= 0.6 is 0 Å². The van der Waals surface area contributed by atoms with Crippen molar-refractivity contribution < 1.29 is 4.79 Å². The maximum Gasteiger partial charge on any atom is 0.245 e. The first-order valence-electron chi connectivity index (χ1n) is 6.41. The van der Waals surface area contributed by atoms with Gasteiger partial charge in [-0.25, -0.2) is 0 Å². The number of benzene rings is 1. The van der Waals surface area contributed by atoms with Crippen LogP contribution in [0, 0.1) is 17.2 Å². The molecule has 3 N–H and O–H groups in total. The van der Waals surface area contributed by atoms with Crippen LogP contribution in [0.25, 0.3) is 0 Å². The number of hydrogen-bond acceptors (Lipinski definition) is 4. The summed E-state index contributed by atoms with van der Waals surface area (Å²) in [6.07, 6.45) is 0. The minimum absolute atomic E-state index is 0.0370. The van der Waals surface area contributed by atoms with E-state index in [2.05, 4.69) is 16.3 Å². The molecule has 1 aromatic carbocycles. The first-order chi connectivity index (χ1) is 9.06. The molecule has 0 saturated carbocycles. The molecule has 0 radical (unpaired) electrons. The SMILES string of the molecule is CCN(CC(C)C#N)c1ccc2c(c1)NC(=O)C2N. The summed E-state index contributed by atoms with van der Waals surface area (Å²) in [5, 5.41) is 11.7. The van der Waals surface area contributed by atoms with E-state index in [4.69, 9.17) is 11.0 Å². The second-order valence-corrected chi connectivity index (χ2v) is 4.81. The average molecular weight is 258 g/mol. The monoisotopic (exact) mass is 258 g/mol. The Kier molecular flexibility index (Phi) is 3.72. The number of nitrogens with one attached hydrogen (secondary N) is 1. The van der Waals surface area contributed by atoms with Gasteiger partial charge in [0.2, 0.25) is 5.91 Å². The summed E-state index contributed by atoms with van der Waals surface area (Å²) in [6, 6.07) is 7.42. The quantitative estimate of drug-likeness (QED) is 0.859. The maximum absolute atomic E-state index is 11.5. The van der Waals surface area contributed by atoms with Gasteiger partial charge in [0, 0.05) is 30.0 Å². The molecule has 2 rings (SSSR count). The molecule has 0 aliphatic carbocycles. The van der Waals surface area contributed by atoms with Crippen molar-refractivity contribution >= 4 is 17.3 Å². The van der Waals surface area contributed by atoms with Gasteiger partial charge in [-0.2, -0.15) is 5.26 Å². The summed E-state index contributed by atoms with van der Waals surface area (Å²) in [5.74, 6) is -0.203. The largest absolute Gasteiger partial charge is 0.370 e. The summed E-state index contributed by atoms with van der Waals surface area (Å²) in [6.45, 7) is 5.42. The van der Waals surface area contributed by atoms with Crippen molar-refractivity contribution in [2.24, 2.45) is 11.7 Å². The predicted octanol–water partition coefficient (Wildman–Crippen LogP) is 1.62. The van der Waals surface area contributed by atoms with Crippen molar-refractivity contribution in [3.05, 3.63) is 23.8 Å². The molecule has 1 heterocycles. The topological polar surface area (TPSA) is 82.2 Å². The molecular weight excluding hydrogens is 240 g/mol. The van der Waals surface area contributed by atoms with Gasteiger partial charge in [0.1, 0.15) is 6.04 Å². The van der Waals surface area contributed by atoms with E-state index < -0.39 is 6.04 Å². The molecule has 0 saturated heterocycles. The van der Waals surface area contributed by atoms with Crippen LogP contribution in [0.1, 0.15) is 25.5 Å². The van der Waals surface area contributed by atoms with Crippen LogP contribution in [-0.4, -0.2) is 19.0 Å². The normalized spacial score (nSPS) is 18.4. The molecule has 19 heavy (non-hydrogen) atoms. The third-order valence-corrected chi connectivity index (χ3v) is 3.37. The van der Waals surface area contributed by atoms with Crippen LogP contribution in [0.4, 0.5) is 11.4 Å². The molecule has 2 atom stereocenters. The highest BCUT2D eigenvalue weighted by Crippen LogP contribution is 2.32. The predicted molar refractivity (Wildman–Crippen MR) is 74.7 cm³/mol. The molecule has 0 spiro atoms. The lowest BCUT2D eigenvalue weighted by Crippen LogP contribution is -2.27. The Hall–Kier alpha value is -2.06. The Morgan fingerprint density at radius 1 is 1.58 bits per heavy atom. The van der Waals surface area contributed by atoms with Gasteiger partial charge >= 0.3 is 0 Å². The Labute approximate surface area is 113 Å². The fourth-order valence-corrected chi connectivity index (χ4v) is 2.26. The number of nitrogens with two attached hydrogens (primary N) is 1. The fraction of sp³-hybridized carbons (Fsp3) is 0.429. The van der Waals surface area contributed by atoms with E-state index in [1.54, 1.807) is 0 Å². The number of nitrogens with zero attached hydrogens (tertiary/aromatic N) is 2. The molecule has 1 aliphatic heterocycles. The molecule has 1 amide bonds. The highest BCUT2D eigenvalue weighted by molar-refractivity contribution is 6.02. The van der Waals surface area contributed by atoms with Gasteiger partial charge in [-0.05, 0) is 26.0 Å². The number of carbonyl (C=O) groups excluding carboxylic acids is 1. The zero-order valence-electron chi connectivity index (χ0n) is 11.2. The van der Waals surface area contributed by atoms with Crippen LogP contribution in [-0.2, 0) is 4.79 Å². The number of amides is 1. The number of fused-ring (bicyclic) bond motifs is 1. The minimum atomic E-state index is -0.572. The highest BCUT2D eigenvalue weighted by atomic mass is 16.2. The Balaban J connectivity index is 2.25. The van der Waals surface area contributed by atoms with Gasteiger partial charge in [0.15, 0.2) is 0 Å². The molecule has 2 unspecified atom stereocenters. The van der Waals surface area contributed by atoms with E-state index in [1.807, 2.05) is 32.0 Å². The van der Waals surface area contributed by atoms with Crippen LogP contribution < -0.4 is 16.0 Å². The van der Waals surface area contributed by atoms with E-state index in [0.29, 0.717) is 6.54 Å². The molecule has 0 fully saturated rings. The van der Waals surface area contributed by atoms with Gasteiger partial charge < -0.3 is 16.0 Å².